The molecule has 1 aliphatic rings. The standard InChI is InChI=1S/C18H24N2/c1-2-14-7-3-5-9-17(14)20-13-15-11-12-19-18-10-6-4-8-16(15)18/h4,6,8,10-12,14,17,20H,2-3,5,7,9,13H2,1H3. The third-order valence-corrected chi connectivity index (χ3v) is 4.73. The highest BCUT2D eigenvalue weighted by atomic mass is 14.9. The van der Waals surface area contributed by atoms with Crippen LogP contribution in [0.2, 0.25) is 0 Å². The van der Waals surface area contributed by atoms with Gasteiger partial charge in [-0.15, -0.1) is 0 Å². The van der Waals surface area contributed by atoms with Crippen LogP contribution in [-0.4, -0.2) is 11.0 Å². The van der Waals surface area contributed by atoms with Gasteiger partial charge in [-0.2, -0.15) is 0 Å². The Bertz CT molecular complexity index is 559. The third kappa shape index (κ3) is 2.85. The largest absolute Gasteiger partial charge is 0.310 e. The van der Waals surface area contributed by atoms with Crippen LogP contribution in [0.25, 0.3) is 10.9 Å². The van der Waals surface area contributed by atoms with Crippen LogP contribution in [0.5, 0.6) is 0 Å². The average Bonchev–Trinajstić information content (AvgIpc) is 2.53. The van der Waals surface area contributed by atoms with E-state index < -0.39 is 0 Å². The summed E-state index contributed by atoms with van der Waals surface area (Å²) in [5.74, 6) is 0.858. The quantitative estimate of drug-likeness (QED) is 0.894. The molecule has 2 aromatic rings. The number of hydrogen-bond acceptors (Lipinski definition) is 2. The third-order valence-electron chi connectivity index (χ3n) is 4.73. The van der Waals surface area contributed by atoms with E-state index in [9.17, 15) is 0 Å². The topological polar surface area (TPSA) is 24.9 Å². The van der Waals surface area contributed by atoms with E-state index in [4.69, 9.17) is 0 Å². The molecule has 0 amide bonds. The summed E-state index contributed by atoms with van der Waals surface area (Å²) in [5, 5.41) is 5.09. The molecule has 106 valence electrons. The van der Waals surface area contributed by atoms with Gasteiger partial charge in [-0.1, -0.05) is 44.4 Å². The van der Waals surface area contributed by atoms with Gasteiger partial charge < -0.3 is 5.32 Å². The molecule has 2 unspecified atom stereocenters. The van der Waals surface area contributed by atoms with E-state index in [1.54, 1.807) is 0 Å². The molecule has 0 bridgehead atoms. The summed E-state index contributed by atoms with van der Waals surface area (Å²) >= 11 is 0. The van der Waals surface area contributed by atoms with Gasteiger partial charge in [0.2, 0.25) is 0 Å². The molecule has 2 heteroatoms. The number of hydrogen-bond donors (Lipinski definition) is 1. The van der Waals surface area contributed by atoms with Crippen LogP contribution in [0.4, 0.5) is 0 Å². The summed E-state index contributed by atoms with van der Waals surface area (Å²) in [6.45, 7) is 3.29. The molecule has 1 aromatic heterocycles. The fraction of sp³-hybridized carbons (Fsp3) is 0.500. The molecule has 3 rings (SSSR count). The van der Waals surface area contributed by atoms with Gasteiger partial charge in [-0.3, -0.25) is 4.98 Å². The molecule has 20 heavy (non-hydrogen) atoms. The molecule has 0 spiro atoms. The zero-order valence-electron chi connectivity index (χ0n) is 12.3. The zero-order valence-corrected chi connectivity index (χ0v) is 12.3. The van der Waals surface area contributed by atoms with Gasteiger partial charge >= 0.3 is 0 Å². The van der Waals surface area contributed by atoms with Crippen LogP contribution in [0.15, 0.2) is 36.5 Å². The van der Waals surface area contributed by atoms with Gasteiger partial charge in [0, 0.05) is 24.2 Å². The van der Waals surface area contributed by atoms with E-state index in [1.165, 1.54) is 43.1 Å². The Morgan fingerprint density at radius 1 is 1.15 bits per heavy atom. The molecule has 1 saturated carbocycles. The molecule has 1 heterocycles. The minimum Gasteiger partial charge on any atom is -0.310 e. The Hall–Kier alpha value is -1.41. The number of para-hydroxylation sites is 1. The smallest absolute Gasteiger partial charge is 0.0705 e. The molecule has 1 N–H and O–H groups in total. The SMILES string of the molecule is CCC1CCCCC1NCc1ccnc2ccccc12. The van der Waals surface area contributed by atoms with Gasteiger partial charge in [0.05, 0.1) is 5.52 Å². The normalized spacial score (nSPS) is 23.1. The number of fused-ring (bicyclic) bond motifs is 1. The molecule has 1 aliphatic carbocycles. The molecular weight excluding hydrogens is 244 g/mol. The van der Waals surface area contributed by atoms with Gasteiger partial charge in [0.1, 0.15) is 0 Å². The molecule has 2 nitrogen and oxygen atoms in total. The van der Waals surface area contributed by atoms with E-state index >= 15 is 0 Å². The van der Waals surface area contributed by atoms with Crippen molar-refractivity contribution in [1.29, 1.82) is 0 Å². The van der Waals surface area contributed by atoms with Gasteiger partial charge in [0.25, 0.3) is 0 Å². The van der Waals surface area contributed by atoms with Gasteiger partial charge in [-0.05, 0) is 36.5 Å². The molecule has 1 aromatic carbocycles. The van der Waals surface area contributed by atoms with Crippen molar-refractivity contribution < 1.29 is 0 Å². The number of rotatable bonds is 4. The van der Waals surface area contributed by atoms with Crippen molar-refractivity contribution in [3.8, 4) is 0 Å². The minimum absolute atomic E-state index is 0.695. The maximum atomic E-state index is 4.44. The Morgan fingerprint density at radius 2 is 2.00 bits per heavy atom. The summed E-state index contributed by atoms with van der Waals surface area (Å²) in [6, 6.07) is 11.3. The van der Waals surface area contributed by atoms with E-state index in [-0.39, 0.29) is 0 Å². The van der Waals surface area contributed by atoms with Crippen molar-refractivity contribution in [2.45, 2.75) is 51.6 Å². The van der Waals surface area contributed by atoms with Crippen molar-refractivity contribution in [2.24, 2.45) is 5.92 Å². The summed E-state index contributed by atoms with van der Waals surface area (Å²) in [6.07, 6.45) is 8.75. The van der Waals surface area contributed by atoms with Crippen molar-refractivity contribution in [1.82, 2.24) is 10.3 Å². The minimum atomic E-state index is 0.695. The average molecular weight is 268 g/mol. The first kappa shape index (κ1) is 13.6. The number of pyridine rings is 1. The first-order chi connectivity index (χ1) is 9.88. The number of nitrogens with zero attached hydrogens (tertiary/aromatic N) is 1. The van der Waals surface area contributed by atoms with Crippen molar-refractivity contribution >= 4 is 10.9 Å². The molecule has 0 radical (unpaired) electrons. The van der Waals surface area contributed by atoms with Gasteiger partial charge in [0.15, 0.2) is 0 Å². The van der Waals surface area contributed by atoms with E-state index in [0.717, 1.165) is 18.0 Å². The maximum absolute atomic E-state index is 4.44. The Balaban J connectivity index is 1.73. The van der Waals surface area contributed by atoms with Crippen LogP contribution >= 0.6 is 0 Å². The lowest BCUT2D eigenvalue weighted by atomic mass is 9.83. The Labute approximate surface area is 121 Å². The predicted molar refractivity (Wildman–Crippen MR) is 84.6 cm³/mol. The van der Waals surface area contributed by atoms with E-state index in [1.807, 2.05) is 6.20 Å². The van der Waals surface area contributed by atoms with Crippen LogP contribution in [-0.2, 0) is 6.54 Å². The van der Waals surface area contributed by atoms with Gasteiger partial charge in [-0.25, -0.2) is 0 Å². The van der Waals surface area contributed by atoms with Crippen molar-refractivity contribution in [2.75, 3.05) is 0 Å². The highest BCUT2D eigenvalue weighted by Crippen LogP contribution is 2.27. The number of benzene rings is 1. The maximum Gasteiger partial charge on any atom is 0.0705 e. The first-order valence-corrected chi connectivity index (χ1v) is 7.94. The van der Waals surface area contributed by atoms with E-state index in [2.05, 4.69) is 47.6 Å². The second kappa shape index (κ2) is 6.36. The highest BCUT2D eigenvalue weighted by molar-refractivity contribution is 5.81. The van der Waals surface area contributed by atoms with Crippen LogP contribution in [0.3, 0.4) is 0 Å². The van der Waals surface area contributed by atoms with Crippen LogP contribution in [0.1, 0.15) is 44.6 Å². The predicted octanol–water partition coefficient (Wildman–Crippen LogP) is 4.29. The second-order valence-corrected chi connectivity index (χ2v) is 5.93. The summed E-state index contributed by atoms with van der Waals surface area (Å²) in [7, 11) is 0. The Morgan fingerprint density at radius 3 is 2.90 bits per heavy atom. The summed E-state index contributed by atoms with van der Waals surface area (Å²) in [5.41, 5.74) is 2.47. The van der Waals surface area contributed by atoms with Crippen LogP contribution in [0, 0.1) is 5.92 Å². The molecule has 1 fully saturated rings. The lowest BCUT2D eigenvalue weighted by Gasteiger charge is -2.31. The first-order valence-electron chi connectivity index (χ1n) is 7.94. The summed E-state index contributed by atoms with van der Waals surface area (Å²) in [4.78, 5) is 4.44. The van der Waals surface area contributed by atoms with Crippen molar-refractivity contribution in [3.63, 3.8) is 0 Å². The lowest BCUT2D eigenvalue weighted by Crippen LogP contribution is -2.37. The van der Waals surface area contributed by atoms with Crippen LogP contribution < -0.4 is 5.32 Å². The second-order valence-electron chi connectivity index (χ2n) is 5.93. The fourth-order valence-electron chi connectivity index (χ4n) is 3.52. The fourth-order valence-corrected chi connectivity index (χ4v) is 3.52. The molecular formula is C18H24N2. The molecule has 0 aliphatic heterocycles. The van der Waals surface area contributed by atoms with E-state index in [0.29, 0.717) is 6.04 Å². The summed E-state index contributed by atoms with van der Waals surface area (Å²) < 4.78 is 0. The molecule has 2 atom stereocenters. The Kier molecular flexibility index (Phi) is 4.31. The number of nitrogens with one attached hydrogen (secondary N) is 1. The zero-order chi connectivity index (χ0) is 13.8. The van der Waals surface area contributed by atoms with Crippen molar-refractivity contribution in [3.05, 3.63) is 42.1 Å². The lowest BCUT2D eigenvalue weighted by molar-refractivity contribution is 0.254. The number of aromatic nitrogens is 1. The monoisotopic (exact) mass is 268 g/mol. The highest BCUT2D eigenvalue weighted by Gasteiger charge is 2.22. The molecule has 0 saturated heterocycles.